The fraction of sp³-hybridized carbons (Fsp3) is 0.444. The Labute approximate surface area is 205 Å². The Kier molecular flexibility index (Phi) is 7.28. The molecule has 2 aromatic carbocycles. The molecule has 1 heterocycles. The summed E-state index contributed by atoms with van der Waals surface area (Å²) in [5, 5.41) is 14.8. The maximum atomic E-state index is 12.5. The molecule has 0 unspecified atom stereocenters. The van der Waals surface area contributed by atoms with Crippen molar-refractivity contribution in [2.24, 2.45) is 5.92 Å². The Hall–Kier alpha value is -3.55. The van der Waals surface area contributed by atoms with Crippen LogP contribution in [0.4, 0.5) is 5.69 Å². The standard InChI is InChI=1S/C27H32N2O6/c1-27(2,26(32)33)29-25(31)20-7-5-18(6-8-20)19-9-11-21(12-10-19)28-24(30)14-4-17-3-13-22-23(15-17)35-16-34-22/h3,9-13,15,18,20H,4-8,14,16H2,1-2H3,(H,28,30)(H,29,31)(H,32,33)/t18-,20-. The lowest BCUT2D eigenvalue weighted by atomic mass is 9.78. The first-order valence-corrected chi connectivity index (χ1v) is 12.0. The fourth-order valence-electron chi connectivity index (χ4n) is 4.57. The minimum absolute atomic E-state index is 0.0498. The summed E-state index contributed by atoms with van der Waals surface area (Å²) in [7, 11) is 0. The van der Waals surface area contributed by atoms with Gasteiger partial charge < -0.3 is 25.2 Å². The maximum Gasteiger partial charge on any atom is 0.328 e. The average Bonchev–Trinajstić information content (AvgIpc) is 3.31. The number of nitrogens with one attached hydrogen (secondary N) is 2. The summed E-state index contributed by atoms with van der Waals surface area (Å²) in [6, 6.07) is 13.6. The van der Waals surface area contributed by atoms with Crippen LogP contribution in [-0.4, -0.2) is 35.2 Å². The van der Waals surface area contributed by atoms with Crippen LogP contribution in [-0.2, 0) is 20.8 Å². The van der Waals surface area contributed by atoms with Crippen molar-refractivity contribution in [3.63, 3.8) is 0 Å². The minimum Gasteiger partial charge on any atom is -0.480 e. The van der Waals surface area contributed by atoms with Crippen LogP contribution in [0.15, 0.2) is 42.5 Å². The van der Waals surface area contributed by atoms with E-state index in [9.17, 15) is 19.5 Å². The van der Waals surface area contributed by atoms with Crippen LogP contribution in [0.5, 0.6) is 11.5 Å². The molecule has 2 aromatic rings. The molecule has 1 aliphatic heterocycles. The molecule has 0 aromatic heterocycles. The highest BCUT2D eigenvalue weighted by Gasteiger charge is 2.33. The van der Waals surface area contributed by atoms with Crippen molar-refractivity contribution < 1.29 is 29.0 Å². The van der Waals surface area contributed by atoms with Crippen LogP contribution in [0, 0.1) is 5.92 Å². The van der Waals surface area contributed by atoms with Crippen molar-refractivity contribution in [2.45, 2.75) is 63.8 Å². The van der Waals surface area contributed by atoms with Crippen molar-refractivity contribution in [1.82, 2.24) is 5.32 Å². The number of rotatable bonds is 8. The molecule has 1 saturated carbocycles. The molecular weight excluding hydrogens is 448 g/mol. The van der Waals surface area contributed by atoms with Gasteiger partial charge in [-0.05, 0) is 87.3 Å². The van der Waals surface area contributed by atoms with Crippen molar-refractivity contribution >= 4 is 23.5 Å². The second-order valence-corrected chi connectivity index (χ2v) is 9.83. The highest BCUT2D eigenvalue weighted by molar-refractivity contribution is 5.91. The Morgan fingerprint density at radius 3 is 2.34 bits per heavy atom. The van der Waals surface area contributed by atoms with E-state index in [4.69, 9.17) is 9.47 Å². The Morgan fingerprint density at radius 2 is 1.66 bits per heavy atom. The number of hydrogen-bond donors (Lipinski definition) is 3. The van der Waals surface area contributed by atoms with Gasteiger partial charge in [0.1, 0.15) is 5.54 Å². The molecule has 2 aliphatic rings. The van der Waals surface area contributed by atoms with Gasteiger partial charge in [0, 0.05) is 18.0 Å². The van der Waals surface area contributed by atoms with Gasteiger partial charge in [0.15, 0.2) is 11.5 Å². The van der Waals surface area contributed by atoms with E-state index in [-0.39, 0.29) is 24.5 Å². The number of aryl methyl sites for hydroxylation is 1. The number of anilines is 1. The Bertz CT molecular complexity index is 1090. The predicted octanol–water partition coefficient (Wildman–Crippen LogP) is 4.24. The van der Waals surface area contributed by atoms with E-state index in [0.29, 0.717) is 18.8 Å². The molecule has 0 spiro atoms. The van der Waals surface area contributed by atoms with Crippen LogP contribution in [0.1, 0.15) is 63.0 Å². The third kappa shape index (κ3) is 6.12. The van der Waals surface area contributed by atoms with E-state index < -0.39 is 11.5 Å². The third-order valence-electron chi connectivity index (χ3n) is 6.81. The number of carboxylic acid groups (broad SMARTS) is 1. The van der Waals surface area contributed by atoms with Gasteiger partial charge in [-0.15, -0.1) is 0 Å². The van der Waals surface area contributed by atoms with Gasteiger partial charge >= 0.3 is 5.97 Å². The molecule has 0 atom stereocenters. The summed E-state index contributed by atoms with van der Waals surface area (Å²) in [5.74, 6) is 0.366. The SMILES string of the molecule is CC(C)(NC(=O)[C@H]1CC[C@H](c2ccc(NC(=O)CCc3ccc4c(c3)OCO4)cc2)CC1)C(=O)O. The lowest BCUT2D eigenvalue weighted by Gasteiger charge is -2.30. The number of aliphatic carboxylic acids is 1. The minimum atomic E-state index is -1.27. The second kappa shape index (κ2) is 10.4. The number of fused-ring (bicyclic) bond motifs is 1. The van der Waals surface area contributed by atoms with Gasteiger partial charge in [-0.1, -0.05) is 18.2 Å². The summed E-state index contributed by atoms with van der Waals surface area (Å²) in [6.45, 7) is 3.23. The van der Waals surface area contributed by atoms with Crippen molar-refractivity contribution in [2.75, 3.05) is 12.1 Å². The largest absolute Gasteiger partial charge is 0.480 e. The van der Waals surface area contributed by atoms with Gasteiger partial charge in [-0.25, -0.2) is 4.79 Å². The smallest absolute Gasteiger partial charge is 0.328 e. The lowest BCUT2D eigenvalue weighted by molar-refractivity contribution is -0.146. The predicted molar refractivity (Wildman–Crippen MR) is 131 cm³/mol. The van der Waals surface area contributed by atoms with E-state index in [1.54, 1.807) is 0 Å². The number of hydrogen-bond acceptors (Lipinski definition) is 5. The zero-order chi connectivity index (χ0) is 25.0. The van der Waals surface area contributed by atoms with E-state index in [1.807, 2.05) is 42.5 Å². The fourth-order valence-corrected chi connectivity index (χ4v) is 4.57. The van der Waals surface area contributed by atoms with Crippen LogP contribution in [0.25, 0.3) is 0 Å². The number of benzene rings is 2. The number of amides is 2. The lowest BCUT2D eigenvalue weighted by Crippen LogP contribution is -2.51. The first kappa shape index (κ1) is 24.6. The summed E-state index contributed by atoms with van der Waals surface area (Å²) >= 11 is 0. The summed E-state index contributed by atoms with van der Waals surface area (Å²) in [4.78, 5) is 36.1. The molecule has 8 heteroatoms. The van der Waals surface area contributed by atoms with Gasteiger partial charge in [0.2, 0.25) is 18.6 Å². The van der Waals surface area contributed by atoms with Gasteiger partial charge in [-0.3, -0.25) is 9.59 Å². The number of carboxylic acids is 1. The highest BCUT2D eigenvalue weighted by Crippen LogP contribution is 2.36. The molecule has 0 radical (unpaired) electrons. The zero-order valence-electron chi connectivity index (χ0n) is 20.1. The Morgan fingerprint density at radius 1 is 0.971 bits per heavy atom. The van der Waals surface area contributed by atoms with Crippen molar-refractivity contribution in [1.29, 1.82) is 0 Å². The summed E-state index contributed by atoms with van der Waals surface area (Å²) in [6.07, 6.45) is 4.17. The number of carbonyl (C=O) groups excluding carboxylic acids is 2. The highest BCUT2D eigenvalue weighted by atomic mass is 16.7. The van der Waals surface area contributed by atoms with E-state index in [1.165, 1.54) is 19.4 Å². The van der Waals surface area contributed by atoms with Crippen molar-refractivity contribution in [3.8, 4) is 11.5 Å². The van der Waals surface area contributed by atoms with E-state index in [0.717, 1.165) is 48.4 Å². The maximum absolute atomic E-state index is 12.5. The first-order valence-electron chi connectivity index (χ1n) is 12.0. The monoisotopic (exact) mass is 480 g/mol. The molecule has 3 N–H and O–H groups in total. The first-order chi connectivity index (χ1) is 16.7. The molecule has 35 heavy (non-hydrogen) atoms. The second-order valence-electron chi connectivity index (χ2n) is 9.83. The molecule has 8 nitrogen and oxygen atoms in total. The zero-order valence-corrected chi connectivity index (χ0v) is 20.1. The molecule has 4 rings (SSSR count). The molecule has 1 aliphatic carbocycles. The summed E-state index contributed by atoms with van der Waals surface area (Å²) < 4.78 is 10.7. The van der Waals surface area contributed by atoms with E-state index >= 15 is 0 Å². The van der Waals surface area contributed by atoms with Gasteiger partial charge in [0.25, 0.3) is 0 Å². The van der Waals surface area contributed by atoms with Crippen LogP contribution in [0.3, 0.4) is 0 Å². The molecule has 0 saturated heterocycles. The molecule has 2 amide bonds. The average molecular weight is 481 g/mol. The molecule has 186 valence electrons. The molecular formula is C27H32N2O6. The summed E-state index contributed by atoms with van der Waals surface area (Å²) in [5.41, 5.74) is 1.70. The number of ether oxygens (including phenoxy) is 2. The van der Waals surface area contributed by atoms with Crippen LogP contribution < -0.4 is 20.1 Å². The topological polar surface area (TPSA) is 114 Å². The molecule has 0 bridgehead atoms. The number of carbonyl (C=O) groups is 3. The normalized spacial score (nSPS) is 19.1. The van der Waals surface area contributed by atoms with Gasteiger partial charge in [0.05, 0.1) is 0 Å². The van der Waals surface area contributed by atoms with Crippen LogP contribution in [0.2, 0.25) is 0 Å². The quantitative estimate of drug-likeness (QED) is 0.521. The van der Waals surface area contributed by atoms with E-state index in [2.05, 4.69) is 10.6 Å². The molecule has 1 fully saturated rings. The van der Waals surface area contributed by atoms with Crippen LogP contribution >= 0.6 is 0 Å². The Balaban J connectivity index is 1.23. The van der Waals surface area contributed by atoms with Gasteiger partial charge in [-0.2, -0.15) is 0 Å². The third-order valence-corrected chi connectivity index (χ3v) is 6.81. The van der Waals surface area contributed by atoms with Crippen molar-refractivity contribution in [3.05, 3.63) is 53.6 Å².